The molecule has 2 unspecified atom stereocenters. The van der Waals surface area contributed by atoms with Crippen LogP contribution in [0.5, 0.6) is 0 Å². The molecule has 1 aliphatic rings. The number of ether oxygens (including phenoxy) is 1. The molecular formula is C19H28IN5O2. The number of rotatable bonds is 5. The molecule has 0 aliphatic carbocycles. The number of guanidine groups is 1. The first-order chi connectivity index (χ1) is 12.7. The maximum Gasteiger partial charge on any atom is 0.223 e. The van der Waals surface area contributed by atoms with E-state index in [-0.39, 0.29) is 30.1 Å². The van der Waals surface area contributed by atoms with Crippen LogP contribution in [-0.4, -0.2) is 36.3 Å². The zero-order chi connectivity index (χ0) is 18.4. The molecular weight excluding hydrogens is 457 g/mol. The van der Waals surface area contributed by atoms with Gasteiger partial charge in [0.25, 0.3) is 0 Å². The number of hydrogen-bond acceptors (Lipinski definition) is 5. The Labute approximate surface area is 177 Å². The Kier molecular flexibility index (Phi) is 8.49. The minimum atomic E-state index is 0. The molecule has 0 radical (unpaired) electrons. The highest BCUT2D eigenvalue weighted by molar-refractivity contribution is 14.0. The molecule has 0 amide bonds. The Morgan fingerprint density at radius 3 is 2.67 bits per heavy atom. The van der Waals surface area contributed by atoms with Gasteiger partial charge in [0.2, 0.25) is 5.89 Å². The SMILES string of the molecule is CN=C(NCc1noc(C)n1)NCC1CCCOC1c1ccc(C)cc1.I. The largest absolute Gasteiger partial charge is 0.373 e. The van der Waals surface area contributed by atoms with E-state index >= 15 is 0 Å². The topological polar surface area (TPSA) is 84.6 Å². The van der Waals surface area contributed by atoms with E-state index in [1.54, 1.807) is 14.0 Å². The second kappa shape index (κ2) is 10.6. The molecule has 2 N–H and O–H groups in total. The van der Waals surface area contributed by atoms with E-state index in [4.69, 9.17) is 9.26 Å². The zero-order valence-electron chi connectivity index (χ0n) is 16.1. The van der Waals surface area contributed by atoms with Crippen LogP contribution in [0.3, 0.4) is 0 Å². The molecule has 8 heteroatoms. The van der Waals surface area contributed by atoms with E-state index in [1.807, 2.05) is 0 Å². The van der Waals surface area contributed by atoms with Crippen molar-refractivity contribution < 1.29 is 9.26 Å². The van der Waals surface area contributed by atoms with Crippen molar-refractivity contribution in [2.75, 3.05) is 20.2 Å². The first kappa shape index (κ1) is 21.6. The molecule has 1 aromatic carbocycles. The van der Waals surface area contributed by atoms with E-state index in [2.05, 4.69) is 57.0 Å². The van der Waals surface area contributed by atoms with E-state index in [9.17, 15) is 0 Å². The number of nitrogens with one attached hydrogen (secondary N) is 2. The summed E-state index contributed by atoms with van der Waals surface area (Å²) in [7, 11) is 1.76. The lowest BCUT2D eigenvalue weighted by Gasteiger charge is -2.32. The summed E-state index contributed by atoms with van der Waals surface area (Å²) < 4.78 is 11.1. The highest BCUT2D eigenvalue weighted by atomic mass is 127. The molecule has 1 saturated heterocycles. The number of aryl methyl sites for hydroxylation is 2. The second-order valence-electron chi connectivity index (χ2n) is 6.64. The van der Waals surface area contributed by atoms with E-state index in [0.717, 1.165) is 32.0 Å². The van der Waals surface area contributed by atoms with Crippen LogP contribution in [0.25, 0.3) is 0 Å². The average molecular weight is 485 g/mol. The molecule has 1 fully saturated rings. The van der Waals surface area contributed by atoms with Gasteiger partial charge in [-0.25, -0.2) is 0 Å². The molecule has 1 aliphatic heterocycles. The van der Waals surface area contributed by atoms with Gasteiger partial charge in [-0.2, -0.15) is 4.98 Å². The molecule has 7 nitrogen and oxygen atoms in total. The summed E-state index contributed by atoms with van der Waals surface area (Å²) in [5.41, 5.74) is 2.51. The standard InChI is InChI=1S/C19H27N5O2.HI/c1-13-6-8-15(9-7-13)18-16(5-4-10-25-18)11-21-19(20-3)22-12-17-23-14(2)26-24-17;/h6-9,16,18H,4-5,10-12H2,1-3H3,(H2,20,21,22);1H. The molecule has 2 heterocycles. The summed E-state index contributed by atoms with van der Waals surface area (Å²) in [4.78, 5) is 8.45. The fourth-order valence-electron chi connectivity index (χ4n) is 3.20. The van der Waals surface area contributed by atoms with Gasteiger partial charge in [-0.3, -0.25) is 4.99 Å². The van der Waals surface area contributed by atoms with Crippen molar-refractivity contribution in [2.45, 2.75) is 39.3 Å². The molecule has 0 spiro atoms. The predicted molar refractivity (Wildman–Crippen MR) is 115 cm³/mol. The van der Waals surface area contributed by atoms with Crippen LogP contribution in [0.15, 0.2) is 33.8 Å². The minimum absolute atomic E-state index is 0. The maximum atomic E-state index is 6.08. The molecule has 27 heavy (non-hydrogen) atoms. The Balaban J connectivity index is 0.00000261. The summed E-state index contributed by atoms with van der Waals surface area (Å²) in [6.45, 7) is 5.96. The third kappa shape index (κ3) is 6.17. The van der Waals surface area contributed by atoms with Gasteiger partial charge < -0.3 is 19.9 Å². The summed E-state index contributed by atoms with van der Waals surface area (Å²) in [6.07, 6.45) is 2.34. The van der Waals surface area contributed by atoms with Gasteiger partial charge >= 0.3 is 0 Å². The van der Waals surface area contributed by atoms with Crippen molar-refractivity contribution in [2.24, 2.45) is 10.9 Å². The van der Waals surface area contributed by atoms with E-state index in [1.165, 1.54) is 11.1 Å². The third-order valence-electron chi connectivity index (χ3n) is 4.59. The minimum Gasteiger partial charge on any atom is -0.373 e. The van der Waals surface area contributed by atoms with Crippen molar-refractivity contribution in [3.8, 4) is 0 Å². The molecule has 1 aromatic heterocycles. The van der Waals surface area contributed by atoms with Crippen LogP contribution in [0.2, 0.25) is 0 Å². The van der Waals surface area contributed by atoms with Crippen molar-refractivity contribution in [3.63, 3.8) is 0 Å². The number of hydrogen-bond donors (Lipinski definition) is 2. The Morgan fingerprint density at radius 1 is 1.22 bits per heavy atom. The van der Waals surface area contributed by atoms with Crippen molar-refractivity contribution in [1.29, 1.82) is 0 Å². The van der Waals surface area contributed by atoms with Gasteiger partial charge in [0, 0.05) is 33.0 Å². The Morgan fingerprint density at radius 2 is 2.00 bits per heavy atom. The van der Waals surface area contributed by atoms with Crippen LogP contribution >= 0.6 is 24.0 Å². The number of halogens is 1. The lowest BCUT2D eigenvalue weighted by molar-refractivity contribution is -0.0265. The molecule has 0 saturated carbocycles. The number of aliphatic imine (C=N–C) groups is 1. The van der Waals surface area contributed by atoms with Crippen LogP contribution in [0.1, 0.15) is 41.8 Å². The fourth-order valence-corrected chi connectivity index (χ4v) is 3.20. The molecule has 2 aromatic rings. The van der Waals surface area contributed by atoms with Crippen LogP contribution in [0.4, 0.5) is 0 Å². The van der Waals surface area contributed by atoms with Crippen molar-refractivity contribution in [3.05, 3.63) is 47.1 Å². The van der Waals surface area contributed by atoms with Crippen LogP contribution < -0.4 is 10.6 Å². The Hall–Kier alpha value is -1.68. The molecule has 148 valence electrons. The molecule has 2 atom stereocenters. The number of nitrogens with zero attached hydrogens (tertiary/aromatic N) is 3. The van der Waals surface area contributed by atoms with Crippen molar-refractivity contribution in [1.82, 2.24) is 20.8 Å². The summed E-state index contributed by atoms with van der Waals surface area (Å²) in [5.74, 6) is 2.30. The lowest BCUT2D eigenvalue weighted by Crippen LogP contribution is -2.41. The fraction of sp³-hybridized carbons (Fsp3) is 0.526. The zero-order valence-corrected chi connectivity index (χ0v) is 18.4. The van der Waals surface area contributed by atoms with Gasteiger partial charge in [-0.1, -0.05) is 35.0 Å². The normalized spacial score (nSPS) is 20.0. The van der Waals surface area contributed by atoms with Gasteiger partial charge in [0.1, 0.15) is 0 Å². The van der Waals surface area contributed by atoms with Gasteiger partial charge in [-0.15, -0.1) is 24.0 Å². The van der Waals surface area contributed by atoms with Crippen molar-refractivity contribution >= 4 is 29.9 Å². The Bertz CT molecular complexity index is 732. The first-order valence-electron chi connectivity index (χ1n) is 9.07. The van der Waals surface area contributed by atoms with Gasteiger partial charge in [0.15, 0.2) is 11.8 Å². The quantitative estimate of drug-likeness (QED) is 0.385. The average Bonchev–Trinajstić information content (AvgIpc) is 3.08. The first-order valence-corrected chi connectivity index (χ1v) is 9.07. The van der Waals surface area contributed by atoms with Gasteiger partial charge in [-0.05, 0) is 25.3 Å². The monoisotopic (exact) mass is 485 g/mol. The highest BCUT2D eigenvalue weighted by Crippen LogP contribution is 2.33. The molecule has 0 bridgehead atoms. The summed E-state index contributed by atoms with van der Waals surface area (Å²) in [6, 6.07) is 8.63. The predicted octanol–water partition coefficient (Wildman–Crippen LogP) is 3.14. The second-order valence-corrected chi connectivity index (χ2v) is 6.64. The number of benzene rings is 1. The van der Waals surface area contributed by atoms with E-state index < -0.39 is 0 Å². The maximum absolute atomic E-state index is 6.08. The number of aromatic nitrogens is 2. The summed E-state index contributed by atoms with van der Waals surface area (Å²) in [5, 5.41) is 10.5. The van der Waals surface area contributed by atoms with Crippen LogP contribution in [0, 0.1) is 19.8 Å². The third-order valence-corrected chi connectivity index (χ3v) is 4.59. The smallest absolute Gasteiger partial charge is 0.223 e. The highest BCUT2D eigenvalue weighted by Gasteiger charge is 2.27. The van der Waals surface area contributed by atoms with E-state index in [0.29, 0.717) is 24.2 Å². The summed E-state index contributed by atoms with van der Waals surface area (Å²) >= 11 is 0. The molecule has 3 rings (SSSR count). The van der Waals surface area contributed by atoms with Crippen LogP contribution in [-0.2, 0) is 11.3 Å². The lowest BCUT2D eigenvalue weighted by atomic mass is 9.89. The van der Waals surface area contributed by atoms with Gasteiger partial charge in [0.05, 0.1) is 12.6 Å².